The van der Waals surface area contributed by atoms with E-state index < -0.39 is 5.97 Å². The topological polar surface area (TPSA) is 66.8 Å². The van der Waals surface area contributed by atoms with Gasteiger partial charge < -0.3 is 14.9 Å². The van der Waals surface area contributed by atoms with E-state index in [1.165, 1.54) is 0 Å². The second-order valence-corrected chi connectivity index (χ2v) is 3.87. The van der Waals surface area contributed by atoms with E-state index in [-0.39, 0.29) is 12.2 Å². The Balaban J connectivity index is 2.05. The molecule has 0 aromatic heterocycles. The molecule has 0 aliphatic heterocycles. The van der Waals surface area contributed by atoms with Crippen LogP contribution in [0.25, 0.3) is 0 Å². The third-order valence-electron chi connectivity index (χ3n) is 2.41. The summed E-state index contributed by atoms with van der Waals surface area (Å²) >= 11 is 0. The first kappa shape index (κ1) is 13.4. The highest BCUT2D eigenvalue weighted by Crippen LogP contribution is 2.24. The minimum absolute atomic E-state index is 0.151. The summed E-state index contributed by atoms with van der Waals surface area (Å²) in [5, 5.41) is 17.9. The molecule has 0 fully saturated rings. The Kier molecular flexibility index (Phi) is 5.93. The second kappa shape index (κ2) is 7.54. The fourth-order valence-electron chi connectivity index (χ4n) is 1.49. The molecule has 0 spiro atoms. The van der Waals surface area contributed by atoms with Gasteiger partial charge in [0, 0.05) is 6.42 Å². The maximum atomic E-state index is 10.3. The van der Waals surface area contributed by atoms with Gasteiger partial charge in [-0.25, -0.2) is 0 Å². The molecule has 0 radical (unpaired) electrons. The van der Waals surface area contributed by atoms with Crippen LogP contribution in [0.1, 0.15) is 32.1 Å². The Bertz CT molecular complexity index is 349. The highest BCUT2D eigenvalue weighted by Gasteiger charge is 2.00. The van der Waals surface area contributed by atoms with Gasteiger partial charge in [0.1, 0.15) is 0 Å². The van der Waals surface area contributed by atoms with Crippen LogP contribution in [-0.4, -0.2) is 22.8 Å². The zero-order chi connectivity index (χ0) is 12.5. The lowest BCUT2D eigenvalue weighted by Gasteiger charge is -2.07. The van der Waals surface area contributed by atoms with Crippen LogP contribution in [0.15, 0.2) is 24.3 Å². The number of unbranched alkanes of at least 4 members (excludes halogenated alkanes) is 3. The molecule has 0 atom stereocenters. The maximum absolute atomic E-state index is 10.3. The van der Waals surface area contributed by atoms with E-state index in [0.717, 1.165) is 19.3 Å². The van der Waals surface area contributed by atoms with Crippen molar-refractivity contribution in [3.05, 3.63) is 24.3 Å². The number of ether oxygens (including phenoxy) is 1. The highest BCUT2D eigenvalue weighted by molar-refractivity contribution is 5.66. The number of benzene rings is 1. The Morgan fingerprint density at radius 3 is 2.53 bits per heavy atom. The van der Waals surface area contributed by atoms with E-state index in [2.05, 4.69) is 0 Å². The summed E-state index contributed by atoms with van der Waals surface area (Å²) < 4.78 is 5.40. The molecule has 4 nitrogen and oxygen atoms in total. The second-order valence-electron chi connectivity index (χ2n) is 3.87. The third-order valence-corrected chi connectivity index (χ3v) is 2.41. The van der Waals surface area contributed by atoms with E-state index in [1.54, 1.807) is 18.2 Å². The van der Waals surface area contributed by atoms with Crippen molar-refractivity contribution in [3.63, 3.8) is 0 Å². The van der Waals surface area contributed by atoms with Crippen LogP contribution in [0.3, 0.4) is 0 Å². The summed E-state index contributed by atoms with van der Waals surface area (Å²) in [4.78, 5) is 10.3. The first-order valence-electron chi connectivity index (χ1n) is 5.83. The maximum Gasteiger partial charge on any atom is 0.303 e. The lowest BCUT2D eigenvalue weighted by Crippen LogP contribution is -1.98. The summed E-state index contributed by atoms with van der Waals surface area (Å²) in [5.74, 6) is -0.0909. The van der Waals surface area contributed by atoms with Crippen molar-refractivity contribution in [2.24, 2.45) is 0 Å². The van der Waals surface area contributed by atoms with Crippen LogP contribution in [0.5, 0.6) is 11.5 Å². The normalized spacial score (nSPS) is 10.1. The van der Waals surface area contributed by atoms with Gasteiger partial charge in [0.05, 0.1) is 6.61 Å². The van der Waals surface area contributed by atoms with E-state index in [0.29, 0.717) is 18.8 Å². The van der Waals surface area contributed by atoms with Gasteiger partial charge in [-0.05, 0) is 25.0 Å². The largest absolute Gasteiger partial charge is 0.504 e. The van der Waals surface area contributed by atoms with Gasteiger partial charge >= 0.3 is 5.97 Å². The molecule has 0 unspecified atom stereocenters. The molecule has 1 aromatic carbocycles. The van der Waals surface area contributed by atoms with Crippen LogP contribution in [0, 0.1) is 0 Å². The molecule has 0 bridgehead atoms. The average Bonchev–Trinajstić information content (AvgIpc) is 2.30. The number of phenols is 1. The number of hydrogen-bond donors (Lipinski definition) is 2. The van der Waals surface area contributed by atoms with Gasteiger partial charge in [-0.1, -0.05) is 25.0 Å². The quantitative estimate of drug-likeness (QED) is 0.683. The SMILES string of the molecule is O=C(O)CCCCCCOc1ccccc1O. The highest BCUT2D eigenvalue weighted by atomic mass is 16.5. The Hall–Kier alpha value is -1.71. The number of carbonyl (C=O) groups is 1. The average molecular weight is 238 g/mol. The minimum Gasteiger partial charge on any atom is -0.504 e. The number of aliphatic carboxylic acids is 1. The first-order chi connectivity index (χ1) is 8.20. The van der Waals surface area contributed by atoms with Crippen LogP contribution in [0.4, 0.5) is 0 Å². The Morgan fingerprint density at radius 2 is 1.82 bits per heavy atom. The van der Waals surface area contributed by atoms with Crippen LogP contribution in [-0.2, 0) is 4.79 Å². The summed E-state index contributed by atoms with van der Waals surface area (Å²) in [6.45, 7) is 0.546. The van der Waals surface area contributed by atoms with Crippen molar-refractivity contribution in [3.8, 4) is 11.5 Å². The molecule has 94 valence electrons. The van der Waals surface area contributed by atoms with Crippen molar-refractivity contribution >= 4 is 5.97 Å². The zero-order valence-electron chi connectivity index (χ0n) is 9.76. The van der Waals surface area contributed by atoms with Crippen LogP contribution in [0.2, 0.25) is 0 Å². The number of carboxylic acids is 1. The molecule has 0 aliphatic carbocycles. The first-order valence-corrected chi connectivity index (χ1v) is 5.83. The molecule has 0 aliphatic rings. The molecule has 0 saturated carbocycles. The molecule has 4 heteroatoms. The van der Waals surface area contributed by atoms with Crippen molar-refractivity contribution in [1.29, 1.82) is 0 Å². The molecular formula is C13H18O4. The van der Waals surface area contributed by atoms with Gasteiger partial charge in [0.25, 0.3) is 0 Å². The van der Waals surface area contributed by atoms with Crippen molar-refractivity contribution in [2.75, 3.05) is 6.61 Å². The smallest absolute Gasteiger partial charge is 0.303 e. The van der Waals surface area contributed by atoms with Crippen molar-refractivity contribution in [1.82, 2.24) is 0 Å². The number of phenolic OH excluding ortho intramolecular Hbond substituents is 1. The molecule has 17 heavy (non-hydrogen) atoms. The van der Waals surface area contributed by atoms with Crippen molar-refractivity contribution in [2.45, 2.75) is 32.1 Å². The summed E-state index contributed by atoms with van der Waals surface area (Å²) in [6.07, 6.45) is 3.66. The molecule has 2 N–H and O–H groups in total. The predicted octanol–water partition coefficient (Wildman–Crippen LogP) is 2.81. The van der Waals surface area contributed by atoms with Crippen molar-refractivity contribution < 1.29 is 19.7 Å². The zero-order valence-corrected chi connectivity index (χ0v) is 9.76. The van der Waals surface area contributed by atoms with Gasteiger partial charge in [-0.2, -0.15) is 0 Å². The predicted molar refractivity (Wildman–Crippen MR) is 64.3 cm³/mol. The minimum atomic E-state index is -0.740. The molecule has 0 amide bonds. The molecule has 0 heterocycles. The Labute approximate surface area is 101 Å². The van der Waals surface area contributed by atoms with E-state index in [9.17, 15) is 9.90 Å². The Morgan fingerprint density at radius 1 is 1.12 bits per heavy atom. The number of hydrogen-bond acceptors (Lipinski definition) is 3. The summed E-state index contributed by atoms with van der Waals surface area (Å²) in [6, 6.07) is 6.86. The van der Waals surface area contributed by atoms with E-state index in [4.69, 9.17) is 9.84 Å². The molecule has 1 rings (SSSR count). The van der Waals surface area contributed by atoms with Crippen LogP contribution < -0.4 is 4.74 Å². The standard InChI is InChI=1S/C13H18O4/c14-11-7-4-5-8-12(11)17-10-6-2-1-3-9-13(15)16/h4-5,7-8,14H,1-3,6,9-10H2,(H,15,16). The molecule has 1 aromatic rings. The third kappa shape index (κ3) is 5.80. The van der Waals surface area contributed by atoms with Gasteiger partial charge in [0.15, 0.2) is 11.5 Å². The van der Waals surface area contributed by atoms with Crippen LogP contribution >= 0.6 is 0 Å². The fourth-order valence-corrected chi connectivity index (χ4v) is 1.49. The van der Waals surface area contributed by atoms with E-state index >= 15 is 0 Å². The fraction of sp³-hybridized carbons (Fsp3) is 0.462. The number of aromatic hydroxyl groups is 1. The lowest BCUT2D eigenvalue weighted by atomic mass is 10.1. The summed E-state index contributed by atoms with van der Waals surface area (Å²) in [7, 11) is 0. The summed E-state index contributed by atoms with van der Waals surface area (Å²) in [5.41, 5.74) is 0. The number of para-hydroxylation sites is 2. The van der Waals surface area contributed by atoms with E-state index in [1.807, 2.05) is 6.07 Å². The van der Waals surface area contributed by atoms with Gasteiger partial charge in [-0.15, -0.1) is 0 Å². The number of rotatable bonds is 8. The molecular weight excluding hydrogens is 220 g/mol. The molecule has 0 saturated heterocycles. The number of carboxylic acid groups (broad SMARTS) is 1. The monoisotopic (exact) mass is 238 g/mol. The van der Waals surface area contributed by atoms with Gasteiger partial charge in [-0.3, -0.25) is 4.79 Å². The lowest BCUT2D eigenvalue weighted by molar-refractivity contribution is -0.137. The van der Waals surface area contributed by atoms with Gasteiger partial charge in [0.2, 0.25) is 0 Å².